The lowest BCUT2D eigenvalue weighted by Gasteiger charge is -2.16. The molecule has 0 aromatic carbocycles. The van der Waals surface area contributed by atoms with Gasteiger partial charge in [0.1, 0.15) is 0 Å². The molecule has 0 radical (unpaired) electrons. The van der Waals surface area contributed by atoms with E-state index in [1.54, 1.807) is 6.20 Å². The Morgan fingerprint density at radius 2 is 2.33 bits per heavy atom. The Morgan fingerprint density at radius 3 is 2.93 bits per heavy atom. The third-order valence-corrected chi connectivity index (χ3v) is 3.04. The molecule has 1 saturated carbocycles. The second-order valence-corrected chi connectivity index (χ2v) is 4.41. The SMILES string of the molecule is CC1CC1CN(C)c1nccc(CN)n1. The monoisotopic (exact) mass is 206 g/mol. The fourth-order valence-electron chi connectivity index (χ4n) is 1.77. The maximum absolute atomic E-state index is 5.55. The van der Waals surface area contributed by atoms with Crippen LogP contribution in [0.25, 0.3) is 0 Å². The van der Waals surface area contributed by atoms with Crippen molar-refractivity contribution in [2.24, 2.45) is 17.6 Å². The molecule has 15 heavy (non-hydrogen) atoms. The molecule has 0 bridgehead atoms. The molecule has 1 heterocycles. The van der Waals surface area contributed by atoms with Gasteiger partial charge in [-0.25, -0.2) is 9.97 Å². The molecular formula is C11H18N4. The summed E-state index contributed by atoms with van der Waals surface area (Å²) in [6, 6.07) is 1.86. The summed E-state index contributed by atoms with van der Waals surface area (Å²) in [6.45, 7) is 3.81. The molecule has 2 rings (SSSR count). The van der Waals surface area contributed by atoms with E-state index in [1.165, 1.54) is 6.42 Å². The zero-order valence-corrected chi connectivity index (χ0v) is 9.35. The van der Waals surface area contributed by atoms with Crippen molar-refractivity contribution in [1.82, 2.24) is 9.97 Å². The smallest absolute Gasteiger partial charge is 0.225 e. The van der Waals surface area contributed by atoms with E-state index in [4.69, 9.17) is 5.73 Å². The Bertz CT molecular complexity index is 339. The van der Waals surface area contributed by atoms with Gasteiger partial charge in [0.2, 0.25) is 5.95 Å². The molecule has 2 atom stereocenters. The average molecular weight is 206 g/mol. The van der Waals surface area contributed by atoms with Crippen molar-refractivity contribution in [2.75, 3.05) is 18.5 Å². The summed E-state index contributed by atoms with van der Waals surface area (Å²) < 4.78 is 0. The van der Waals surface area contributed by atoms with Crippen molar-refractivity contribution in [2.45, 2.75) is 19.9 Å². The number of anilines is 1. The minimum atomic E-state index is 0.475. The standard InChI is InChI=1S/C11H18N4/c1-8-5-9(8)7-15(2)11-13-4-3-10(6-12)14-11/h3-4,8-9H,5-7,12H2,1-2H3. The first kappa shape index (κ1) is 10.4. The second-order valence-electron chi connectivity index (χ2n) is 4.41. The summed E-state index contributed by atoms with van der Waals surface area (Å²) in [5.41, 5.74) is 6.44. The Balaban J connectivity index is 2.00. The van der Waals surface area contributed by atoms with Crippen LogP contribution in [0.15, 0.2) is 12.3 Å². The van der Waals surface area contributed by atoms with Crippen LogP contribution in [0, 0.1) is 11.8 Å². The van der Waals surface area contributed by atoms with Gasteiger partial charge in [-0.1, -0.05) is 6.92 Å². The predicted molar refractivity (Wildman–Crippen MR) is 60.5 cm³/mol. The Morgan fingerprint density at radius 1 is 1.60 bits per heavy atom. The van der Waals surface area contributed by atoms with E-state index in [9.17, 15) is 0 Å². The molecule has 1 aliphatic rings. The van der Waals surface area contributed by atoms with Gasteiger partial charge in [-0.2, -0.15) is 0 Å². The van der Waals surface area contributed by atoms with Crippen LogP contribution in [0.5, 0.6) is 0 Å². The summed E-state index contributed by atoms with van der Waals surface area (Å²) in [4.78, 5) is 10.8. The number of nitrogens with zero attached hydrogens (tertiary/aromatic N) is 3. The largest absolute Gasteiger partial charge is 0.344 e. The Kier molecular flexibility index (Phi) is 2.86. The molecule has 4 heteroatoms. The van der Waals surface area contributed by atoms with Crippen molar-refractivity contribution in [3.63, 3.8) is 0 Å². The summed E-state index contributed by atoms with van der Waals surface area (Å²) >= 11 is 0. The first-order valence-electron chi connectivity index (χ1n) is 5.44. The van der Waals surface area contributed by atoms with Gasteiger partial charge in [0.05, 0.1) is 5.69 Å². The van der Waals surface area contributed by atoms with Crippen molar-refractivity contribution < 1.29 is 0 Å². The first-order valence-corrected chi connectivity index (χ1v) is 5.44. The molecular weight excluding hydrogens is 188 g/mol. The van der Waals surface area contributed by atoms with Crippen molar-refractivity contribution in [1.29, 1.82) is 0 Å². The summed E-state index contributed by atoms with van der Waals surface area (Å²) in [5, 5.41) is 0. The lowest BCUT2D eigenvalue weighted by atomic mass is 10.3. The van der Waals surface area contributed by atoms with Gasteiger partial charge in [0.15, 0.2) is 0 Å². The number of hydrogen-bond acceptors (Lipinski definition) is 4. The molecule has 1 aromatic rings. The fraction of sp³-hybridized carbons (Fsp3) is 0.636. The molecule has 0 spiro atoms. The van der Waals surface area contributed by atoms with Gasteiger partial charge in [-0.15, -0.1) is 0 Å². The highest BCUT2D eigenvalue weighted by Gasteiger charge is 2.33. The quantitative estimate of drug-likeness (QED) is 0.799. The molecule has 4 nitrogen and oxygen atoms in total. The maximum atomic E-state index is 5.55. The van der Waals surface area contributed by atoms with Crippen LogP contribution in [0.1, 0.15) is 19.0 Å². The van der Waals surface area contributed by atoms with Crippen LogP contribution in [0.2, 0.25) is 0 Å². The van der Waals surface area contributed by atoms with Crippen LogP contribution in [0.3, 0.4) is 0 Å². The van der Waals surface area contributed by atoms with Gasteiger partial charge in [-0.3, -0.25) is 0 Å². The number of nitrogens with two attached hydrogens (primary N) is 1. The summed E-state index contributed by atoms with van der Waals surface area (Å²) in [7, 11) is 2.04. The van der Waals surface area contributed by atoms with Crippen LogP contribution in [-0.2, 0) is 6.54 Å². The third-order valence-electron chi connectivity index (χ3n) is 3.04. The fourth-order valence-corrected chi connectivity index (χ4v) is 1.77. The highest BCUT2D eigenvalue weighted by molar-refractivity contribution is 5.29. The van der Waals surface area contributed by atoms with Crippen molar-refractivity contribution >= 4 is 5.95 Å². The lowest BCUT2D eigenvalue weighted by molar-refractivity contribution is 0.709. The number of aromatic nitrogens is 2. The average Bonchev–Trinajstić information content (AvgIpc) is 2.94. The van der Waals surface area contributed by atoms with Crippen LogP contribution in [-0.4, -0.2) is 23.6 Å². The molecule has 0 aliphatic heterocycles. The van der Waals surface area contributed by atoms with Crippen molar-refractivity contribution in [3.8, 4) is 0 Å². The normalized spacial score (nSPS) is 23.9. The zero-order chi connectivity index (χ0) is 10.8. The highest BCUT2D eigenvalue weighted by atomic mass is 15.2. The molecule has 82 valence electrons. The molecule has 2 N–H and O–H groups in total. The van der Waals surface area contributed by atoms with Gasteiger partial charge in [0.25, 0.3) is 0 Å². The molecule has 1 aliphatic carbocycles. The van der Waals surface area contributed by atoms with Crippen LogP contribution >= 0.6 is 0 Å². The molecule has 1 fully saturated rings. The van der Waals surface area contributed by atoms with E-state index in [1.807, 2.05) is 13.1 Å². The first-order chi connectivity index (χ1) is 7.20. The van der Waals surface area contributed by atoms with E-state index in [0.29, 0.717) is 6.54 Å². The lowest BCUT2D eigenvalue weighted by Crippen LogP contribution is -2.23. The van der Waals surface area contributed by atoms with Crippen LogP contribution in [0.4, 0.5) is 5.95 Å². The highest BCUT2D eigenvalue weighted by Crippen LogP contribution is 2.38. The van der Waals surface area contributed by atoms with Gasteiger partial charge >= 0.3 is 0 Å². The number of hydrogen-bond donors (Lipinski definition) is 1. The maximum Gasteiger partial charge on any atom is 0.225 e. The second kappa shape index (κ2) is 4.14. The van der Waals surface area contributed by atoms with E-state index in [2.05, 4.69) is 21.8 Å². The van der Waals surface area contributed by atoms with E-state index in [0.717, 1.165) is 30.0 Å². The molecule has 1 aromatic heterocycles. The van der Waals surface area contributed by atoms with E-state index >= 15 is 0 Å². The molecule has 0 saturated heterocycles. The predicted octanol–water partition coefficient (Wildman–Crippen LogP) is 1.03. The van der Waals surface area contributed by atoms with E-state index < -0.39 is 0 Å². The van der Waals surface area contributed by atoms with E-state index in [-0.39, 0.29) is 0 Å². The minimum absolute atomic E-state index is 0.475. The molecule has 0 amide bonds. The Hall–Kier alpha value is -1.16. The minimum Gasteiger partial charge on any atom is -0.344 e. The van der Waals surface area contributed by atoms with Crippen molar-refractivity contribution in [3.05, 3.63) is 18.0 Å². The molecule has 2 unspecified atom stereocenters. The topological polar surface area (TPSA) is 55.0 Å². The van der Waals surface area contributed by atoms with Gasteiger partial charge in [0, 0.05) is 26.3 Å². The summed E-state index contributed by atoms with van der Waals surface area (Å²) in [5.74, 6) is 2.47. The Labute approximate surface area is 90.5 Å². The van der Waals surface area contributed by atoms with Gasteiger partial charge in [-0.05, 0) is 24.3 Å². The zero-order valence-electron chi connectivity index (χ0n) is 9.35. The van der Waals surface area contributed by atoms with Gasteiger partial charge < -0.3 is 10.6 Å². The summed E-state index contributed by atoms with van der Waals surface area (Å²) in [6.07, 6.45) is 3.11. The van der Waals surface area contributed by atoms with Crippen LogP contribution < -0.4 is 10.6 Å². The third kappa shape index (κ3) is 2.45. The number of rotatable bonds is 4.